The molecule has 2 aromatic rings. The lowest BCUT2D eigenvalue weighted by molar-refractivity contribution is -0.0495. The molecule has 20 nitrogen and oxygen atoms in total. The lowest BCUT2D eigenvalue weighted by Crippen LogP contribution is -2.36. The van der Waals surface area contributed by atoms with E-state index in [-0.39, 0.29) is 29.5 Å². The Morgan fingerprint density at radius 1 is 1.02 bits per heavy atom. The molecule has 2 unspecified atom stereocenters. The summed E-state index contributed by atoms with van der Waals surface area (Å²) in [6.07, 6.45) is -3.67. The summed E-state index contributed by atoms with van der Waals surface area (Å²) in [5.74, 6) is 0.272. The highest BCUT2D eigenvalue weighted by Crippen LogP contribution is 2.60. The summed E-state index contributed by atoms with van der Waals surface area (Å²) < 4.78 is 45.5. The highest BCUT2D eigenvalue weighted by atomic mass is 31.3. The van der Waals surface area contributed by atoms with Crippen LogP contribution in [0.2, 0.25) is 0 Å². The zero-order valence-corrected chi connectivity index (χ0v) is 24.7. The van der Waals surface area contributed by atoms with Gasteiger partial charge in [0.25, 0.3) is 0 Å². The van der Waals surface area contributed by atoms with E-state index >= 15 is 0 Å². The molecule has 0 amide bonds. The van der Waals surface area contributed by atoms with E-state index in [4.69, 9.17) is 20.7 Å². The first-order valence-corrected chi connectivity index (χ1v) is 16.5. The minimum absolute atomic E-state index is 0.00589. The first-order chi connectivity index (χ1) is 20.3. The number of nitrogen functional groups attached to an aromatic ring is 1. The van der Waals surface area contributed by atoms with Crippen LogP contribution in [0, 0.1) is 0 Å². The molecular formula is C21H38N8O12P2. The van der Waals surface area contributed by atoms with E-state index in [1.807, 2.05) is 0 Å². The molecule has 2 aromatic heterocycles. The molecule has 2 aliphatic rings. The quantitative estimate of drug-likeness (QED) is 0.0683. The number of phosphoric ester groups is 2. The second-order valence-corrected chi connectivity index (χ2v) is 13.1. The third kappa shape index (κ3) is 8.44. The van der Waals surface area contributed by atoms with Crippen molar-refractivity contribution in [2.75, 3.05) is 43.9 Å². The summed E-state index contributed by atoms with van der Waals surface area (Å²) >= 11 is 0. The fourth-order valence-corrected chi connectivity index (χ4v) is 6.76. The Hall–Kier alpha value is -1.87. The normalized spacial score (nSPS) is 30.4. The molecule has 2 fully saturated rings. The lowest BCUT2D eigenvalue weighted by atomic mass is 10.1. The minimum Gasteiger partial charge on any atom is -0.389 e. The van der Waals surface area contributed by atoms with Gasteiger partial charge in [-0.2, -0.15) is 4.31 Å². The molecule has 43 heavy (non-hydrogen) atoms. The number of rotatable bonds is 16. The molecule has 244 valence electrons. The SMILES string of the molecule is NCCCCCCNc1nc2c(N)ncnc2n1[C@@H]1O[C@H](COP(=O)(O)OP(=O)(O)OC[C@H]2NC[C@H](O)[C@@H]2O)[C@@H](O)[C@H]1O. The van der Waals surface area contributed by atoms with Gasteiger partial charge in [0.05, 0.1) is 31.5 Å². The van der Waals surface area contributed by atoms with Crippen LogP contribution in [0.4, 0.5) is 11.8 Å². The number of aliphatic hydroxyl groups is 4. The van der Waals surface area contributed by atoms with E-state index < -0.39 is 71.6 Å². The number of aromatic nitrogens is 4. The highest BCUT2D eigenvalue weighted by Gasteiger charge is 2.47. The van der Waals surface area contributed by atoms with Gasteiger partial charge in [0, 0.05) is 13.1 Å². The van der Waals surface area contributed by atoms with E-state index in [9.17, 15) is 39.3 Å². The van der Waals surface area contributed by atoms with Crippen LogP contribution < -0.4 is 22.1 Å². The van der Waals surface area contributed by atoms with Crippen LogP contribution in [0.5, 0.6) is 0 Å². The molecule has 0 aromatic carbocycles. The summed E-state index contributed by atoms with van der Waals surface area (Å²) in [4.78, 5) is 32.4. The number of anilines is 2. The van der Waals surface area contributed by atoms with Crippen LogP contribution in [-0.2, 0) is 27.2 Å². The van der Waals surface area contributed by atoms with Crippen molar-refractivity contribution in [1.82, 2.24) is 24.8 Å². The predicted octanol–water partition coefficient (Wildman–Crippen LogP) is -2.10. The number of imidazole rings is 1. The number of phosphoric acid groups is 2. The van der Waals surface area contributed by atoms with Gasteiger partial charge < -0.3 is 57.1 Å². The maximum atomic E-state index is 12.4. The van der Waals surface area contributed by atoms with Crippen molar-refractivity contribution < 1.29 is 57.4 Å². The average Bonchev–Trinajstić information content (AvgIpc) is 3.57. The van der Waals surface area contributed by atoms with Gasteiger partial charge in [-0.1, -0.05) is 12.8 Å². The van der Waals surface area contributed by atoms with Crippen LogP contribution in [0.15, 0.2) is 6.33 Å². The van der Waals surface area contributed by atoms with Gasteiger partial charge in [-0.05, 0) is 19.4 Å². The van der Waals surface area contributed by atoms with Gasteiger partial charge in [-0.15, -0.1) is 0 Å². The number of aliphatic hydroxyl groups excluding tert-OH is 4. The number of hydrogen-bond donors (Lipinski definition) is 10. The van der Waals surface area contributed by atoms with E-state index in [2.05, 4.69) is 34.4 Å². The number of fused-ring (bicyclic) bond motifs is 1. The predicted molar refractivity (Wildman–Crippen MR) is 148 cm³/mol. The van der Waals surface area contributed by atoms with Crippen molar-refractivity contribution in [2.45, 2.75) is 68.5 Å². The molecule has 0 saturated carbocycles. The molecule has 22 heteroatoms. The average molecular weight is 657 g/mol. The summed E-state index contributed by atoms with van der Waals surface area (Å²) in [5, 5.41) is 46.6. The van der Waals surface area contributed by atoms with E-state index in [0.29, 0.717) is 13.1 Å². The van der Waals surface area contributed by atoms with Crippen LogP contribution in [0.25, 0.3) is 11.2 Å². The zero-order valence-electron chi connectivity index (χ0n) is 23.0. The fraction of sp³-hybridized carbons (Fsp3) is 0.762. The van der Waals surface area contributed by atoms with Crippen molar-refractivity contribution in [3.05, 3.63) is 6.33 Å². The van der Waals surface area contributed by atoms with Gasteiger partial charge in [0.2, 0.25) is 5.95 Å². The minimum atomic E-state index is -5.28. The van der Waals surface area contributed by atoms with Crippen molar-refractivity contribution >= 4 is 38.6 Å². The molecule has 0 aliphatic carbocycles. The molecule has 2 aliphatic heterocycles. The van der Waals surface area contributed by atoms with Gasteiger partial charge in [-0.25, -0.2) is 24.1 Å². The monoisotopic (exact) mass is 656 g/mol. The van der Waals surface area contributed by atoms with Crippen molar-refractivity contribution in [3.63, 3.8) is 0 Å². The Bertz CT molecular complexity index is 1320. The van der Waals surface area contributed by atoms with Crippen molar-refractivity contribution in [2.24, 2.45) is 5.73 Å². The Balaban J connectivity index is 1.39. The molecule has 4 heterocycles. The maximum Gasteiger partial charge on any atom is 0.481 e. The van der Waals surface area contributed by atoms with Gasteiger partial charge in [0.1, 0.15) is 24.6 Å². The van der Waals surface area contributed by atoms with Crippen molar-refractivity contribution in [1.29, 1.82) is 0 Å². The standard InChI is InChI=1S/C21H38N8O12P2/c22-5-3-1-2-4-6-24-21-28-14-18(23)26-10-27-19(14)29(21)20-17(33)16(32)13(40-20)9-39-43(36,37)41-42(34,35)38-8-11-15(31)12(30)7-25-11/h10-13,15-17,20,25,30-33H,1-9,22H2,(H,24,28)(H,34,35)(H,36,37)(H2,23,26,27)/t11-,12+,13-,15-,16-,17-,20-/m1/s1. The highest BCUT2D eigenvalue weighted by molar-refractivity contribution is 7.61. The summed E-state index contributed by atoms with van der Waals surface area (Å²) in [6, 6.07) is -0.936. The van der Waals surface area contributed by atoms with Crippen LogP contribution >= 0.6 is 15.6 Å². The number of ether oxygens (including phenoxy) is 1. The van der Waals surface area contributed by atoms with Gasteiger partial charge in [0.15, 0.2) is 23.2 Å². The third-order valence-electron chi connectivity index (χ3n) is 6.93. The van der Waals surface area contributed by atoms with E-state index in [1.165, 1.54) is 10.9 Å². The van der Waals surface area contributed by atoms with Crippen LogP contribution in [-0.4, -0.2) is 119 Å². The number of unbranched alkanes of at least 4 members (excludes halogenated alkanes) is 3. The fourth-order valence-electron chi connectivity index (χ4n) is 4.65. The second-order valence-electron chi connectivity index (χ2n) is 10.1. The van der Waals surface area contributed by atoms with E-state index in [0.717, 1.165) is 25.7 Å². The van der Waals surface area contributed by atoms with Gasteiger partial charge >= 0.3 is 15.6 Å². The van der Waals surface area contributed by atoms with Crippen molar-refractivity contribution in [3.8, 4) is 0 Å². The molecule has 0 radical (unpaired) electrons. The second kappa shape index (κ2) is 14.5. The smallest absolute Gasteiger partial charge is 0.389 e. The molecule has 4 rings (SSSR count). The number of nitrogens with two attached hydrogens (primary N) is 2. The summed E-state index contributed by atoms with van der Waals surface area (Å²) in [7, 11) is -10.5. The first kappa shape index (κ1) is 34.0. The molecule has 2 saturated heterocycles. The number of β-amino-alcohol motifs (C(OH)–C–C–N with tert-alkyl or cyclic N) is 1. The number of hydrogen-bond acceptors (Lipinski definition) is 17. The summed E-state index contributed by atoms with van der Waals surface area (Å²) in [6.45, 7) is -0.395. The maximum absolute atomic E-state index is 12.4. The molecular weight excluding hydrogens is 618 g/mol. The van der Waals surface area contributed by atoms with Gasteiger partial charge in [-0.3, -0.25) is 13.6 Å². The van der Waals surface area contributed by atoms with E-state index in [1.54, 1.807) is 0 Å². The number of nitrogens with one attached hydrogen (secondary N) is 2. The summed E-state index contributed by atoms with van der Waals surface area (Å²) in [5.41, 5.74) is 11.9. The Labute approximate surface area is 245 Å². The zero-order chi connectivity index (χ0) is 31.4. The Kier molecular flexibility index (Phi) is 11.5. The third-order valence-corrected chi connectivity index (χ3v) is 9.53. The largest absolute Gasteiger partial charge is 0.481 e. The molecule has 0 spiro atoms. The molecule has 9 atom stereocenters. The lowest BCUT2D eigenvalue weighted by Gasteiger charge is -2.21. The topological polar surface area (TPSA) is 312 Å². The van der Waals surface area contributed by atoms with Crippen LogP contribution in [0.3, 0.4) is 0 Å². The number of nitrogens with zero attached hydrogens (tertiary/aromatic N) is 4. The first-order valence-electron chi connectivity index (χ1n) is 13.5. The Morgan fingerprint density at radius 2 is 1.72 bits per heavy atom. The molecule has 0 bridgehead atoms. The molecule has 12 N–H and O–H groups in total. The van der Waals surface area contributed by atoms with Crippen LogP contribution in [0.1, 0.15) is 31.9 Å². The Morgan fingerprint density at radius 3 is 2.40 bits per heavy atom.